The van der Waals surface area contributed by atoms with Crippen molar-refractivity contribution >= 4 is 16.6 Å². The zero-order valence-electron chi connectivity index (χ0n) is 12.5. The second-order valence-corrected chi connectivity index (χ2v) is 5.72. The lowest BCUT2D eigenvalue weighted by Gasteiger charge is -2.34. The van der Waals surface area contributed by atoms with Gasteiger partial charge in [-0.25, -0.2) is 4.98 Å². The van der Waals surface area contributed by atoms with Gasteiger partial charge < -0.3 is 14.7 Å². The van der Waals surface area contributed by atoms with Crippen molar-refractivity contribution < 1.29 is 9.84 Å². The Hall–Kier alpha value is -1.65. The molecular formula is C17H22N2O2. The number of hydrogen-bond donors (Lipinski definition) is 1. The first-order valence-corrected chi connectivity index (χ1v) is 7.55. The molecular weight excluding hydrogens is 264 g/mol. The van der Waals surface area contributed by atoms with Crippen LogP contribution in [0.5, 0.6) is 0 Å². The second-order valence-electron chi connectivity index (χ2n) is 5.72. The fourth-order valence-electron chi connectivity index (χ4n) is 3.24. The number of aliphatic hydroxyl groups excluding tert-OH is 1. The van der Waals surface area contributed by atoms with E-state index in [1.54, 1.807) is 13.3 Å². The molecule has 1 fully saturated rings. The Morgan fingerprint density at radius 1 is 1.33 bits per heavy atom. The lowest BCUT2D eigenvalue weighted by Crippen LogP contribution is -2.37. The van der Waals surface area contributed by atoms with Crippen molar-refractivity contribution in [3.63, 3.8) is 0 Å². The average Bonchev–Trinajstić information content (AvgIpc) is 2.54. The molecule has 21 heavy (non-hydrogen) atoms. The molecule has 1 aliphatic heterocycles. The van der Waals surface area contributed by atoms with E-state index in [1.807, 2.05) is 12.1 Å². The number of rotatable bonds is 4. The van der Waals surface area contributed by atoms with Crippen LogP contribution in [0.2, 0.25) is 0 Å². The van der Waals surface area contributed by atoms with Crippen molar-refractivity contribution in [1.29, 1.82) is 0 Å². The molecule has 1 aromatic heterocycles. The van der Waals surface area contributed by atoms with Gasteiger partial charge in [-0.2, -0.15) is 0 Å². The number of pyridine rings is 1. The summed E-state index contributed by atoms with van der Waals surface area (Å²) in [6, 6.07) is 8.19. The van der Waals surface area contributed by atoms with Crippen LogP contribution in [0.1, 0.15) is 18.4 Å². The molecule has 1 unspecified atom stereocenters. The van der Waals surface area contributed by atoms with Crippen LogP contribution in [-0.4, -0.2) is 36.9 Å². The van der Waals surface area contributed by atoms with Crippen LogP contribution in [-0.2, 0) is 11.3 Å². The zero-order valence-corrected chi connectivity index (χ0v) is 12.5. The van der Waals surface area contributed by atoms with Gasteiger partial charge >= 0.3 is 0 Å². The lowest BCUT2D eigenvalue weighted by atomic mass is 9.98. The Labute approximate surface area is 125 Å². The summed E-state index contributed by atoms with van der Waals surface area (Å²) < 4.78 is 5.31. The molecule has 1 aromatic carbocycles. The minimum absolute atomic E-state index is 0.0279. The number of hydrogen-bond acceptors (Lipinski definition) is 4. The molecule has 4 heteroatoms. The molecule has 0 spiro atoms. The van der Waals surface area contributed by atoms with Gasteiger partial charge in [0.15, 0.2) is 0 Å². The molecule has 0 saturated carbocycles. The van der Waals surface area contributed by atoms with Crippen LogP contribution in [0.15, 0.2) is 30.5 Å². The summed E-state index contributed by atoms with van der Waals surface area (Å²) in [5, 5.41) is 11.7. The molecule has 2 aromatic rings. The van der Waals surface area contributed by atoms with Crippen LogP contribution in [0.4, 0.5) is 5.82 Å². The number of benzene rings is 1. The number of methoxy groups -OCH3 is 1. The predicted octanol–water partition coefficient (Wildman–Crippen LogP) is 2.59. The van der Waals surface area contributed by atoms with Crippen LogP contribution in [0.25, 0.3) is 10.8 Å². The van der Waals surface area contributed by atoms with Gasteiger partial charge in [0.05, 0.1) is 13.2 Å². The fourth-order valence-corrected chi connectivity index (χ4v) is 3.24. The monoisotopic (exact) mass is 286 g/mol. The molecule has 1 atom stereocenters. The maximum Gasteiger partial charge on any atom is 0.136 e. The molecule has 1 N–H and O–H groups in total. The largest absolute Gasteiger partial charge is 0.392 e. The summed E-state index contributed by atoms with van der Waals surface area (Å²) in [6.45, 7) is 2.86. The molecule has 0 amide bonds. The number of anilines is 1. The van der Waals surface area contributed by atoms with Gasteiger partial charge in [0.25, 0.3) is 0 Å². The minimum Gasteiger partial charge on any atom is -0.392 e. The van der Waals surface area contributed by atoms with Crippen molar-refractivity contribution in [3.05, 3.63) is 36.0 Å². The highest BCUT2D eigenvalue weighted by Gasteiger charge is 2.22. The average molecular weight is 286 g/mol. The summed E-state index contributed by atoms with van der Waals surface area (Å²) in [7, 11) is 1.77. The third-order valence-corrected chi connectivity index (χ3v) is 4.25. The van der Waals surface area contributed by atoms with Gasteiger partial charge in [0.1, 0.15) is 5.82 Å². The van der Waals surface area contributed by atoms with Crippen molar-refractivity contribution in [3.8, 4) is 0 Å². The number of nitrogens with zero attached hydrogens (tertiary/aromatic N) is 2. The van der Waals surface area contributed by atoms with E-state index in [0.29, 0.717) is 5.92 Å². The minimum atomic E-state index is 0.0279. The summed E-state index contributed by atoms with van der Waals surface area (Å²) in [5.74, 6) is 1.60. The van der Waals surface area contributed by atoms with Crippen LogP contribution < -0.4 is 4.90 Å². The van der Waals surface area contributed by atoms with Crippen LogP contribution in [0.3, 0.4) is 0 Å². The summed E-state index contributed by atoms with van der Waals surface area (Å²) in [6.07, 6.45) is 4.19. The first kappa shape index (κ1) is 14.3. The van der Waals surface area contributed by atoms with E-state index in [9.17, 15) is 5.11 Å². The Morgan fingerprint density at radius 3 is 2.90 bits per heavy atom. The highest BCUT2D eigenvalue weighted by molar-refractivity contribution is 5.94. The zero-order chi connectivity index (χ0) is 14.7. The maximum absolute atomic E-state index is 9.48. The molecule has 2 heterocycles. The van der Waals surface area contributed by atoms with Gasteiger partial charge in [0.2, 0.25) is 0 Å². The van der Waals surface area contributed by atoms with Gasteiger partial charge in [-0.05, 0) is 24.1 Å². The van der Waals surface area contributed by atoms with E-state index in [0.717, 1.165) is 41.9 Å². The molecule has 112 valence electrons. The third kappa shape index (κ3) is 2.87. The number of aliphatic hydroxyl groups is 1. The van der Waals surface area contributed by atoms with E-state index in [-0.39, 0.29) is 6.61 Å². The van der Waals surface area contributed by atoms with E-state index in [2.05, 4.69) is 22.0 Å². The number of aromatic nitrogens is 1. The number of fused-ring (bicyclic) bond motifs is 1. The number of ether oxygens (including phenoxy) is 1. The molecule has 1 saturated heterocycles. The molecule has 3 rings (SSSR count). The Balaban J connectivity index is 1.97. The third-order valence-electron chi connectivity index (χ3n) is 4.25. The van der Waals surface area contributed by atoms with Crippen molar-refractivity contribution in [1.82, 2.24) is 4.98 Å². The normalized spacial score (nSPS) is 19.1. The van der Waals surface area contributed by atoms with Crippen LogP contribution >= 0.6 is 0 Å². The summed E-state index contributed by atoms with van der Waals surface area (Å²) in [4.78, 5) is 6.98. The van der Waals surface area contributed by atoms with Gasteiger partial charge in [-0.3, -0.25) is 0 Å². The van der Waals surface area contributed by atoms with E-state index in [1.165, 1.54) is 12.8 Å². The summed E-state index contributed by atoms with van der Waals surface area (Å²) in [5.41, 5.74) is 0.889. The topological polar surface area (TPSA) is 45.6 Å². The smallest absolute Gasteiger partial charge is 0.136 e. The Bertz CT molecular complexity index is 613. The van der Waals surface area contributed by atoms with Crippen molar-refractivity contribution in [2.24, 2.45) is 5.92 Å². The Morgan fingerprint density at radius 2 is 2.14 bits per heavy atom. The Kier molecular flexibility index (Phi) is 4.36. The highest BCUT2D eigenvalue weighted by atomic mass is 16.5. The van der Waals surface area contributed by atoms with Crippen LogP contribution in [0, 0.1) is 5.92 Å². The fraction of sp³-hybridized carbons (Fsp3) is 0.471. The quantitative estimate of drug-likeness (QED) is 0.938. The van der Waals surface area contributed by atoms with Gasteiger partial charge in [-0.15, -0.1) is 0 Å². The molecule has 0 bridgehead atoms. The SMILES string of the molecule is COCC1CCCN(c2ncc(CO)c3ccccc23)C1. The van der Waals surface area contributed by atoms with E-state index in [4.69, 9.17) is 4.74 Å². The first-order chi connectivity index (χ1) is 10.3. The van der Waals surface area contributed by atoms with Crippen molar-refractivity contribution in [2.45, 2.75) is 19.4 Å². The molecule has 0 aliphatic carbocycles. The van der Waals surface area contributed by atoms with Crippen molar-refractivity contribution in [2.75, 3.05) is 31.7 Å². The standard InChI is InChI=1S/C17H22N2O2/c1-21-12-13-5-4-8-19(10-13)17-16-7-3-2-6-15(16)14(11-20)9-18-17/h2-3,6-7,9,13,20H,4-5,8,10-12H2,1H3. The molecule has 0 radical (unpaired) electrons. The predicted molar refractivity (Wildman–Crippen MR) is 84.5 cm³/mol. The first-order valence-electron chi connectivity index (χ1n) is 7.55. The van der Waals surface area contributed by atoms with E-state index < -0.39 is 0 Å². The second kappa shape index (κ2) is 6.41. The lowest BCUT2D eigenvalue weighted by molar-refractivity contribution is 0.143. The van der Waals surface area contributed by atoms with E-state index >= 15 is 0 Å². The molecule has 1 aliphatic rings. The molecule has 4 nitrogen and oxygen atoms in total. The maximum atomic E-state index is 9.48. The number of piperidine rings is 1. The van der Waals surface area contributed by atoms with Gasteiger partial charge in [-0.1, -0.05) is 24.3 Å². The van der Waals surface area contributed by atoms with Gasteiger partial charge in [0, 0.05) is 37.3 Å². The highest BCUT2D eigenvalue weighted by Crippen LogP contribution is 2.30. The summed E-state index contributed by atoms with van der Waals surface area (Å²) >= 11 is 0.